The first-order valence-corrected chi connectivity index (χ1v) is 7.86. The molecule has 2 N–H and O–H groups in total. The number of fused-ring (bicyclic) bond motifs is 1. The van der Waals surface area contributed by atoms with Crippen LogP contribution in [-0.2, 0) is 10.0 Å². The van der Waals surface area contributed by atoms with E-state index in [0.29, 0.717) is 11.5 Å². The normalized spacial score (nSPS) is 11.5. The number of hydrogen-bond acceptors (Lipinski definition) is 3. The predicted octanol–water partition coefficient (Wildman–Crippen LogP) is 3.28. The van der Waals surface area contributed by atoms with Crippen molar-refractivity contribution in [1.82, 2.24) is 0 Å². The zero-order valence-corrected chi connectivity index (χ0v) is 11.9. The molecule has 0 aliphatic heterocycles. The molecule has 0 fully saturated rings. The molecule has 5 heteroatoms. The highest BCUT2D eigenvalue weighted by Crippen LogP contribution is 2.26. The lowest BCUT2D eigenvalue weighted by molar-refractivity contribution is 0.483. The van der Waals surface area contributed by atoms with Crippen LogP contribution in [0.2, 0.25) is 0 Å². The minimum Gasteiger partial charge on any atom is -0.457 e. The Morgan fingerprint density at radius 1 is 0.762 bits per heavy atom. The molecule has 0 aliphatic carbocycles. The van der Waals surface area contributed by atoms with E-state index in [4.69, 9.17) is 9.88 Å². The summed E-state index contributed by atoms with van der Waals surface area (Å²) in [5.74, 6) is 1.25. The van der Waals surface area contributed by atoms with Gasteiger partial charge in [0.2, 0.25) is 10.0 Å². The fraction of sp³-hybridized carbons (Fsp3) is 0. The molecule has 0 saturated heterocycles. The van der Waals surface area contributed by atoms with E-state index >= 15 is 0 Å². The molecule has 3 aromatic rings. The van der Waals surface area contributed by atoms with Gasteiger partial charge in [0.1, 0.15) is 11.5 Å². The highest BCUT2D eigenvalue weighted by Gasteiger charge is 2.07. The Labute approximate surface area is 122 Å². The van der Waals surface area contributed by atoms with E-state index < -0.39 is 10.0 Å². The van der Waals surface area contributed by atoms with Crippen LogP contribution in [0.5, 0.6) is 11.5 Å². The Morgan fingerprint density at radius 3 is 2.05 bits per heavy atom. The zero-order valence-electron chi connectivity index (χ0n) is 11.1. The molecule has 0 amide bonds. The van der Waals surface area contributed by atoms with Crippen LogP contribution < -0.4 is 9.88 Å². The second-order valence-electron chi connectivity index (χ2n) is 4.63. The molecule has 106 valence electrons. The molecule has 21 heavy (non-hydrogen) atoms. The Bertz CT molecular complexity index is 887. The Kier molecular flexibility index (Phi) is 3.37. The summed E-state index contributed by atoms with van der Waals surface area (Å²) in [6.07, 6.45) is 0. The molecule has 3 rings (SSSR count). The molecule has 3 aromatic carbocycles. The van der Waals surface area contributed by atoms with Crippen LogP contribution in [0.1, 0.15) is 0 Å². The average molecular weight is 299 g/mol. The summed E-state index contributed by atoms with van der Waals surface area (Å²) < 4.78 is 28.1. The van der Waals surface area contributed by atoms with E-state index in [9.17, 15) is 8.42 Å². The molecular formula is C16H13NO3S. The van der Waals surface area contributed by atoms with Crippen LogP contribution >= 0.6 is 0 Å². The number of primary sulfonamides is 1. The van der Waals surface area contributed by atoms with Crippen molar-refractivity contribution >= 4 is 20.8 Å². The van der Waals surface area contributed by atoms with Gasteiger partial charge in [0, 0.05) is 0 Å². The van der Waals surface area contributed by atoms with Gasteiger partial charge in [-0.15, -0.1) is 0 Å². The molecule has 0 spiro atoms. The summed E-state index contributed by atoms with van der Waals surface area (Å²) in [5.41, 5.74) is 0. The number of hydrogen-bond donors (Lipinski definition) is 1. The topological polar surface area (TPSA) is 69.4 Å². The van der Waals surface area contributed by atoms with Crippen LogP contribution in [0.3, 0.4) is 0 Å². The van der Waals surface area contributed by atoms with Crippen molar-refractivity contribution < 1.29 is 13.2 Å². The number of ether oxygens (including phenoxy) is 1. The highest BCUT2D eigenvalue weighted by molar-refractivity contribution is 7.89. The molecule has 0 atom stereocenters. The van der Waals surface area contributed by atoms with Crippen molar-refractivity contribution in [3.05, 3.63) is 66.7 Å². The predicted molar refractivity (Wildman–Crippen MR) is 81.8 cm³/mol. The molecule has 4 nitrogen and oxygen atoms in total. The highest BCUT2D eigenvalue weighted by atomic mass is 32.2. The van der Waals surface area contributed by atoms with E-state index in [1.165, 1.54) is 12.1 Å². The molecule has 0 aromatic heterocycles. The lowest BCUT2D eigenvalue weighted by Crippen LogP contribution is -2.11. The largest absolute Gasteiger partial charge is 0.457 e. The number of nitrogens with two attached hydrogens (primary N) is 1. The first-order chi connectivity index (χ1) is 10.0. The third kappa shape index (κ3) is 3.04. The van der Waals surface area contributed by atoms with E-state index in [2.05, 4.69) is 0 Å². The number of rotatable bonds is 3. The fourth-order valence-corrected chi connectivity index (χ4v) is 2.58. The summed E-state index contributed by atoms with van der Waals surface area (Å²) in [7, 11) is -3.68. The number of benzene rings is 3. The van der Waals surface area contributed by atoms with Crippen molar-refractivity contribution in [2.24, 2.45) is 5.14 Å². The average Bonchev–Trinajstić information content (AvgIpc) is 2.47. The Hall–Kier alpha value is -2.37. The molecule has 0 aliphatic rings. The Morgan fingerprint density at radius 2 is 1.38 bits per heavy atom. The van der Waals surface area contributed by atoms with Crippen LogP contribution in [-0.4, -0.2) is 8.42 Å². The molecule has 0 heterocycles. The molecule has 0 unspecified atom stereocenters. The first-order valence-electron chi connectivity index (χ1n) is 6.32. The van der Waals surface area contributed by atoms with Crippen molar-refractivity contribution in [2.45, 2.75) is 4.90 Å². The Balaban J connectivity index is 1.88. The lowest BCUT2D eigenvalue weighted by atomic mass is 10.1. The second kappa shape index (κ2) is 5.20. The molecule has 0 radical (unpaired) electrons. The fourth-order valence-electron chi connectivity index (χ4n) is 2.06. The maximum Gasteiger partial charge on any atom is 0.238 e. The van der Waals surface area contributed by atoms with Crippen LogP contribution in [0.15, 0.2) is 71.6 Å². The van der Waals surface area contributed by atoms with Crippen LogP contribution in [0, 0.1) is 0 Å². The minimum atomic E-state index is -3.68. The van der Waals surface area contributed by atoms with Crippen molar-refractivity contribution in [2.75, 3.05) is 0 Å². The van der Waals surface area contributed by atoms with Crippen molar-refractivity contribution in [3.8, 4) is 11.5 Å². The van der Waals surface area contributed by atoms with Crippen LogP contribution in [0.4, 0.5) is 0 Å². The monoisotopic (exact) mass is 299 g/mol. The zero-order chi connectivity index (χ0) is 14.9. The third-order valence-electron chi connectivity index (χ3n) is 3.11. The van der Waals surface area contributed by atoms with E-state index in [1.54, 1.807) is 12.1 Å². The maximum absolute atomic E-state index is 11.2. The van der Waals surface area contributed by atoms with Gasteiger partial charge in [0.05, 0.1) is 4.90 Å². The summed E-state index contributed by atoms with van der Waals surface area (Å²) in [6.45, 7) is 0. The lowest BCUT2D eigenvalue weighted by Gasteiger charge is -2.07. The maximum atomic E-state index is 11.2. The van der Waals surface area contributed by atoms with Crippen molar-refractivity contribution in [3.63, 3.8) is 0 Å². The second-order valence-corrected chi connectivity index (χ2v) is 6.19. The van der Waals surface area contributed by atoms with Gasteiger partial charge in [-0.1, -0.05) is 30.3 Å². The van der Waals surface area contributed by atoms with E-state index in [1.807, 2.05) is 42.5 Å². The smallest absolute Gasteiger partial charge is 0.238 e. The first kappa shape index (κ1) is 13.6. The summed E-state index contributed by atoms with van der Waals surface area (Å²) >= 11 is 0. The summed E-state index contributed by atoms with van der Waals surface area (Å²) in [5, 5.41) is 7.27. The minimum absolute atomic E-state index is 0.0633. The van der Waals surface area contributed by atoms with Gasteiger partial charge >= 0.3 is 0 Å². The summed E-state index contributed by atoms with van der Waals surface area (Å²) in [6, 6.07) is 19.8. The van der Waals surface area contributed by atoms with Gasteiger partial charge in [-0.25, -0.2) is 13.6 Å². The van der Waals surface area contributed by atoms with Gasteiger partial charge in [0.15, 0.2) is 0 Å². The van der Waals surface area contributed by atoms with Crippen molar-refractivity contribution in [1.29, 1.82) is 0 Å². The molecular weight excluding hydrogens is 286 g/mol. The molecule has 0 saturated carbocycles. The number of sulfonamides is 1. The van der Waals surface area contributed by atoms with Gasteiger partial charge in [0.25, 0.3) is 0 Å². The molecule has 0 bridgehead atoms. The van der Waals surface area contributed by atoms with Gasteiger partial charge in [-0.05, 0) is 47.2 Å². The van der Waals surface area contributed by atoms with Gasteiger partial charge in [-0.2, -0.15) is 0 Å². The van der Waals surface area contributed by atoms with Gasteiger partial charge < -0.3 is 4.74 Å². The third-order valence-corrected chi connectivity index (χ3v) is 4.04. The SMILES string of the molecule is NS(=O)(=O)c1ccc(Oc2ccc3ccccc3c2)cc1. The quantitative estimate of drug-likeness (QED) is 0.807. The summed E-state index contributed by atoms with van der Waals surface area (Å²) in [4.78, 5) is 0.0633. The van der Waals surface area contributed by atoms with E-state index in [-0.39, 0.29) is 4.90 Å². The van der Waals surface area contributed by atoms with Gasteiger partial charge in [-0.3, -0.25) is 0 Å². The van der Waals surface area contributed by atoms with E-state index in [0.717, 1.165) is 10.8 Å². The standard InChI is InChI=1S/C16H13NO3S/c17-21(18,19)16-9-7-14(8-10-16)20-15-6-5-12-3-1-2-4-13(12)11-15/h1-11H,(H2,17,18,19). The van der Waals surface area contributed by atoms with Crippen LogP contribution in [0.25, 0.3) is 10.8 Å².